The van der Waals surface area contributed by atoms with Crippen molar-refractivity contribution in [2.45, 2.75) is 12.5 Å². The number of Topliss-reactive ketones (excluding diaryl/α,β-unsaturated/α-hetero) is 1. The summed E-state index contributed by atoms with van der Waals surface area (Å²) >= 11 is 9.48. The van der Waals surface area contributed by atoms with Gasteiger partial charge in [0.2, 0.25) is 0 Å². The van der Waals surface area contributed by atoms with E-state index < -0.39 is 17.7 Å². The number of ketones is 1. The molecule has 1 amide bonds. The zero-order valence-electron chi connectivity index (χ0n) is 19.3. The molecule has 0 bridgehead atoms. The molecule has 5 rings (SSSR count). The van der Waals surface area contributed by atoms with Gasteiger partial charge in [0.1, 0.15) is 11.5 Å². The van der Waals surface area contributed by atoms with Crippen molar-refractivity contribution in [3.63, 3.8) is 0 Å². The molecule has 1 aliphatic rings. The number of nitrogens with one attached hydrogen (secondary N) is 1. The van der Waals surface area contributed by atoms with Crippen molar-refractivity contribution in [1.29, 1.82) is 0 Å². The molecule has 0 unspecified atom stereocenters. The van der Waals surface area contributed by atoms with Crippen LogP contribution in [0.5, 0.6) is 5.75 Å². The molecule has 8 heteroatoms. The van der Waals surface area contributed by atoms with Crippen LogP contribution in [0.3, 0.4) is 0 Å². The number of rotatable bonds is 6. The molecule has 0 radical (unpaired) electrons. The first-order valence-electron chi connectivity index (χ1n) is 11.3. The smallest absolute Gasteiger partial charge is 0.295 e. The van der Waals surface area contributed by atoms with Gasteiger partial charge in [0.25, 0.3) is 11.7 Å². The third-order valence-electron chi connectivity index (χ3n) is 6.44. The number of benzene rings is 3. The van der Waals surface area contributed by atoms with Gasteiger partial charge in [-0.05, 0) is 60.0 Å². The van der Waals surface area contributed by atoms with Crippen LogP contribution >= 0.6 is 27.5 Å². The Morgan fingerprint density at radius 1 is 1.08 bits per heavy atom. The van der Waals surface area contributed by atoms with Gasteiger partial charge in [0.05, 0.1) is 18.7 Å². The summed E-state index contributed by atoms with van der Waals surface area (Å²) < 4.78 is 6.20. The minimum Gasteiger partial charge on any atom is -0.507 e. The molecule has 1 saturated heterocycles. The molecule has 1 aromatic heterocycles. The Hall–Kier alpha value is -3.55. The number of carbonyl (C=O) groups excluding carboxylic acids is 2. The van der Waals surface area contributed by atoms with Crippen molar-refractivity contribution in [3.8, 4) is 5.75 Å². The zero-order valence-corrected chi connectivity index (χ0v) is 21.6. The van der Waals surface area contributed by atoms with Gasteiger partial charge in [-0.25, -0.2) is 0 Å². The highest BCUT2D eigenvalue weighted by atomic mass is 79.9. The van der Waals surface area contributed by atoms with Crippen LogP contribution in [0.4, 0.5) is 0 Å². The number of halogens is 2. The first kappa shape index (κ1) is 24.2. The second kappa shape index (κ2) is 9.84. The lowest BCUT2D eigenvalue weighted by Gasteiger charge is -2.25. The highest BCUT2D eigenvalue weighted by molar-refractivity contribution is 9.10. The second-order valence-electron chi connectivity index (χ2n) is 8.53. The first-order chi connectivity index (χ1) is 17.4. The van der Waals surface area contributed by atoms with Crippen molar-refractivity contribution in [1.82, 2.24) is 9.88 Å². The van der Waals surface area contributed by atoms with Gasteiger partial charge < -0.3 is 19.7 Å². The molecule has 6 nitrogen and oxygen atoms in total. The van der Waals surface area contributed by atoms with E-state index in [1.165, 1.54) is 4.90 Å². The van der Waals surface area contributed by atoms with Crippen LogP contribution in [-0.2, 0) is 16.0 Å². The number of aromatic amines is 1. The Balaban J connectivity index is 1.55. The fraction of sp³-hybridized carbons (Fsp3) is 0.143. The van der Waals surface area contributed by atoms with E-state index in [9.17, 15) is 14.7 Å². The number of ether oxygens (including phenoxy) is 1. The van der Waals surface area contributed by atoms with Gasteiger partial charge in [-0.1, -0.05) is 51.8 Å². The third-order valence-corrected chi connectivity index (χ3v) is 7.22. The SMILES string of the molecule is COc1ccc2[nH]cc(CCN3C(=O)C(=O)C(=C(O)c4ccc(Br)cc4)[C@H]3c3ccc(Cl)cc3)c2c1. The highest BCUT2D eigenvalue weighted by Gasteiger charge is 2.45. The molecule has 182 valence electrons. The maximum Gasteiger partial charge on any atom is 0.295 e. The van der Waals surface area contributed by atoms with Crippen molar-refractivity contribution < 1.29 is 19.4 Å². The van der Waals surface area contributed by atoms with Crippen LogP contribution in [0.25, 0.3) is 16.7 Å². The highest BCUT2D eigenvalue weighted by Crippen LogP contribution is 2.40. The summed E-state index contributed by atoms with van der Waals surface area (Å²) in [7, 11) is 1.62. The third kappa shape index (κ3) is 4.40. The monoisotopic (exact) mass is 564 g/mol. The first-order valence-corrected chi connectivity index (χ1v) is 12.5. The van der Waals surface area contributed by atoms with Crippen molar-refractivity contribution in [2.75, 3.05) is 13.7 Å². The summed E-state index contributed by atoms with van der Waals surface area (Å²) in [6.45, 7) is 0.277. The van der Waals surface area contributed by atoms with Gasteiger partial charge >= 0.3 is 0 Å². The average Bonchev–Trinajstić information content (AvgIpc) is 3.40. The lowest BCUT2D eigenvalue weighted by Crippen LogP contribution is -2.31. The number of fused-ring (bicyclic) bond motifs is 1. The Bertz CT molecular complexity index is 1490. The Morgan fingerprint density at radius 2 is 1.81 bits per heavy atom. The largest absolute Gasteiger partial charge is 0.507 e. The van der Waals surface area contributed by atoms with Gasteiger partial charge in [0, 0.05) is 38.7 Å². The van der Waals surface area contributed by atoms with Crippen LogP contribution in [0, 0.1) is 0 Å². The maximum absolute atomic E-state index is 13.2. The lowest BCUT2D eigenvalue weighted by atomic mass is 9.95. The normalized spacial score (nSPS) is 17.2. The van der Waals surface area contributed by atoms with Crippen LogP contribution < -0.4 is 4.74 Å². The van der Waals surface area contributed by atoms with Crippen LogP contribution in [0.2, 0.25) is 5.02 Å². The molecule has 0 aliphatic carbocycles. The molecule has 36 heavy (non-hydrogen) atoms. The van der Waals surface area contributed by atoms with Crippen LogP contribution in [-0.4, -0.2) is 40.3 Å². The zero-order chi connectivity index (χ0) is 25.4. The summed E-state index contributed by atoms with van der Waals surface area (Å²) in [6.07, 6.45) is 2.41. The number of methoxy groups -OCH3 is 1. The maximum atomic E-state index is 13.2. The molecule has 3 aromatic carbocycles. The Labute approximate surface area is 221 Å². The summed E-state index contributed by atoms with van der Waals surface area (Å²) in [5.41, 5.74) is 3.16. The summed E-state index contributed by atoms with van der Waals surface area (Å²) in [4.78, 5) is 31.3. The van der Waals surface area contributed by atoms with E-state index in [4.69, 9.17) is 16.3 Å². The molecular formula is C28H22BrClN2O4. The number of hydrogen-bond acceptors (Lipinski definition) is 4. The van der Waals surface area contributed by atoms with E-state index >= 15 is 0 Å². The second-order valence-corrected chi connectivity index (χ2v) is 9.88. The number of likely N-dealkylation sites (tertiary alicyclic amines) is 1. The molecule has 4 aromatic rings. The predicted molar refractivity (Wildman–Crippen MR) is 143 cm³/mol. The van der Waals surface area contributed by atoms with E-state index in [1.807, 2.05) is 24.4 Å². The fourth-order valence-corrected chi connectivity index (χ4v) is 4.99. The average molecular weight is 566 g/mol. The number of aromatic nitrogens is 1. The molecule has 2 N–H and O–H groups in total. The predicted octanol–water partition coefficient (Wildman–Crippen LogP) is 6.26. The number of H-pyrrole nitrogens is 1. The van der Waals surface area contributed by atoms with Gasteiger partial charge in [-0.3, -0.25) is 9.59 Å². The van der Waals surface area contributed by atoms with Gasteiger partial charge in [-0.2, -0.15) is 0 Å². The van der Waals surface area contributed by atoms with E-state index in [0.29, 0.717) is 22.6 Å². The lowest BCUT2D eigenvalue weighted by molar-refractivity contribution is -0.139. The molecule has 0 saturated carbocycles. The summed E-state index contributed by atoms with van der Waals surface area (Å²) in [5.74, 6) is -0.832. The number of nitrogens with zero attached hydrogens (tertiary/aromatic N) is 1. The molecule has 1 fully saturated rings. The van der Waals surface area contributed by atoms with Crippen molar-refractivity contribution in [2.24, 2.45) is 0 Å². The van der Waals surface area contributed by atoms with E-state index in [-0.39, 0.29) is 17.9 Å². The fourth-order valence-electron chi connectivity index (χ4n) is 4.60. The minimum absolute atomic E-state index is 0.0604. The number of aliphatic hydroxyl groups is 1. The number of amides is 1. The van der Waals surface area contributed by atoms with Gasteiger partial charge in [0.15, 0.2) is 0 Å². The topological polar surface area (TPSA) is 82.6 Å². The summed E-state index contributed by atoms with van der Waals surface area (Å²) in [6, 6.07) is 18.9. The van der Waals surface area contributed by atoms with E-state index in [1.54, 1.807) is 55.6 Å². The molecule has 0 spiro atoms. The van der Waals surface area contributed by atoms with Gasteiger partial charge in [-0.15, -0.1) is 0 Å². The molecule has 1 atom stereocenters. The Morgan fingerprint density at radius 3 is 2.50 bits per heavy atom. The molecule has 1 aliphatic heterocycles. The number of hydrogen-bond donors (Lipinski definition) is 2. The number of aliphatic hydroxyl groups excluding tert-OH is 1. The van der Waals surface area contributed by atoms with Crippen LogP contribution in [0.1, 0.15) is 22.7 Å². The van der Waals surface area contributed by atoms with Crippen molar-refractivity contribution in [3.05, 3.63) is 105 Å². The van der Waals surface area contributed by atoms with Crippen molar-refractivity contribution >= 4 is 55.9 Å². The van der Waals surface area contributed by atoms with Crippen LogP contribution in [0.15, 0.2) is 83.0 Å². The molecule has 2 heterocycles. The summed E-state index contributed by atoms with van der Waals surface area (Å²) in [5, 5.41) is 12.7. The van der Waals surface area contributed by atoms with E-state index in [0.717, 1.165) is 26.7 Å². The minimum atomic E-state index is -0.745. The quantitative estimate of drug-likeness (QED) is 0.164. The standard InChI is InChI=1S/C28H22BrClN2O4/c1-36-21-10-11-23-22(14-21)18(15-31-23)12-13-32-25(16-4-8-20(30)9-5-16)24(27(34)28(32)35)26(33)17-2-6-19(29)7-3-17/h2-11,14-15,25,31,33H,12-13H2,1H3/t25-/m1/s1. The Kier molecular flexibility index (Phi) is 6.60. The van der Waals surface area contributed by atoms with E-state index in [2.05, 4.69) is 20.9 Å². The number of carbonyl (C=O) groups is 2. The molecular weight excluding hydrogens is 544 g/mol.